The van der Waals surface area contributed by atoms with Crippen molar-refractivity contribution in [3.63, 3.8) is 0 Å². The van der Waals surface area contributed by atoms with Gasteiger partial charge in [-0.3, -0.25) is 0 Å². The van der Waals surface area contributed by atoms with Crippen LogP contribution in [0.2, 0.25) is 0 Å². The van der Waals surface area contributed by atoms with Crippen molar-refractivity contribution in [1.29, 1.82) is 0 Å². The van der Waals surface area contributed by atoms with Crippen LogP contribution in [0.1, 0.15) is 17.5 Å². The van der Waals surface area contributed by atoms with Crippen LogP contribution in [0.3, 0.4) is 0 Å². The van der Waals surface area contributed by atoms with E-state index in [4.69, 9.17) is 0 Å². The smallest absolute Gasteiger partial charge is 0.147 e. The van der Waals surface area contributed by atoms with Crippen molar-refractivity contribution in [2.75, 3.05) is 13.6 Å². The first-order valence-corrected chi connectivity index (χ1v) is 8.33. The van der Waals surface area contributed by atoms with E-state index in [1.54, 1.807) is 0 Å². The Hall–Kier alpha value is -1.05. The average molecular weight is 351 g/mol. The Balaban J connectivity index is 0.00000147. The summed E-state index contributed by atoms with van der Waals surface area (Å²) in [6, 6.07) is 17.7. The third-order valence-corrected chi connectivity index (χ3v) is 5.73. The summed E-state index contributed by atoms with van der Waals surface area (Å²) in [5, 5.41) is 3.21. The van der Waals surface area contributed by atoms with Crippen LogP contribution >= 0.6 is 12.4 Å². The molecular formula is C17H18ClNSe. The van der Waals surface area contributed by atoms with Crippen molar-refractivity contribution in [3.8, 4) is 0 Å². The van der Waals surface area contributed by atoms with Gasteiger partial charge in [-0.15, -0.1) is 12.4 Å². The normalized spacial score (nSPS) is 12.2. The van der Waals surface area contributed by atoms with Crippen LogP contribution in [0.25, 0.3) is 5.57 Å². The molecule has 20 heavy (non-hydrogen) atoms. The number of rotatable bonds is 3. The molecular weight excluding hydrogens is 333 g/mol. The maximum Gasteiger partial charge on any atom is -0.147 e. The summed E-state index contributed by atoms with van der Waals surface area (Å²) in [6.45, 7) is 1.03. The fourth-order valence-corrected chi connectivity index (χ4v) is 4.72. The second kappa shape index (κ2) is 7.10. The van der Waals surface area contributed by atoms with Gasteiger partial charge >= 0.3 is 121 Å². The molecule has 0 amide bonds. The Bertz CT molecular complexity index is 574. The Labute approximate surface area is 133 Å². The third-order valence-electron chi connectivity index (χ3n) is 3.32. The van der Waals surface area contributed by atoms with E-state index in [1.807, 2.05) is 7.05 Å². The van der Waals surface area contributed by atoms with Crippen LogP contribution in [-0.4, -0.2) is 28.5 Å². The molecule has 1 nitrogen and oxygen atoms in total. The summed E-state index contributed by atoms with van der Waals surface area (Å²) < 4.78 is 3.01. The van der Waals surface area contributed by atoms with E-state index in [0.29, 0.717) is 15.0 Å². The molecule has 0 radical (unpaired) electrons. The predicted octanol–water partition coefficient (Wildman–Crippen LogP) is 2.12. The Kier molecular flexibility index (Phi) is 5.45. The van der Waals surface area contributed by atoms with Crippen molar-refractivity contribution in [1.82, 2.24) is 5.32 Å². The standard InChI is InChI=1S/C17H17NSe.ClH/c1-18-12-6-9-13-14-7-2-4-10-16(14)19-17-11-5-3-8-15(13)17;/h2-5,7-11,18H,6,12H2,1H3;1H. The minimum atomic E-state index is 0. The van der Waals surface area contributed by atoms with E-state index in [9.17, 15) is 0 Å². The van der Waals surface area contributed by atoms with Crippen LogP contribution in [0.5, 0.6) is 0 Å². The van der Waals surface area contributed by atoms with E-state index in [-0.39, 0.29) is 12.4 Å². The molecule has 3 heteroatoms. The minimum absolute atomic E-state index is 0. The van der Waals surface area contributed by atoms with Gasteiger partial charge in [-0.2, -0.15) is 0 Å². The van der Waals surface area contributed by atoms with E-state index < -0.39 is 0 Å². The van der Waals surface area contributed by atoms with Crippen molar-refractivity contribution in [2.24, 2.45) is 0 Å². The first-order chi connectivity index (χ1) is 9.40. The molecule has 2 aromatic carbocycles. The second-order valence-corrected chi connectivity index (χ2v) is 6.88. The summed E-state index contributed by atoms with van der Waals surface area (Å²) in [5.74, 6) is 0. The van der Waals surface area contributed by atoms with Crippen LogP contribution in [0, 0.1) is 0 Å². The van der Waals surface area contributed by atoms with Crippen molar-refractivity contribution < 1.29 is 0 Å². The monoisotopic (exact) mass is 351 g/mol. The maximum absolute atomic E-state index is 3.21. The van der Waals surface area contributed by atoms with Gasteiger partial charge in [0.05, 0.1) is 0 Å². The molecule has 2 aromatic rings. The molecule has 1 aliphatic rings. The zero-order chi connectivity index (χ0) is 13.1. The largest absolute Gasteiger partial charge is 0.147 e. The van der Waals surface area contributed by atoms with Crippen molar-refractivity contribution in [3.05, 3.63) is 65.7 Å². The van der Waals surface area contributed by atoms with Crippen LogP contribution in [0.4, 0.5) is 0 Å². The SMILES string of the molecule is CNCCC=C1c2ccccc2[Se]c2ccccc21.Cl. The molecule has 0 aromatic heterocycles. The molecule has 104 valence electrons. The zero-order valence-corrected chi connectivity index (χ0v) is 14.0. The van der Waals surface area contributed by atoms with E-state index in [0.717, 1.165) is 13.0 Å². The predicted molar refractivity (Wildman–Crippen MR) is 90.8 cm³/mol. The van der Waals surface area contributed by atoms with Gasteiger partial charge in [0.1, 0.15) is 0 Å². The van der Waals surface area contributed by atoms with Gasteiger partial charge < -0.3 is 0 Å². The van der Waals surface area contributed by atoms with Crippen molar-refractivity contribution in [2.45, 2.75) is 6.42 Å². The fourth-order valence-electron chi connectivity index (χ4n) is 2.40. The molecule has 0 bridgehead atoms. The van der Waals surface area contributed by atoms with Crippen LogP contribution < -0.4 is 14.2 Å². The summed E-state index contributed by atoms with van der Waals surface area (Å²) >= 11 is 0.438. The van der Waals surface area contributed by atoms with E-state index >= 15 is 0 Å². The minimum Gasteiger partial charge on any atom is -0.147 e. The Morgan fingerprint density at radius 1 is 0.950 bits per heavy atom. The van der Waals surface area contributed by atoms with Crippen molar-refractivity contribution >= 4 is 41.9 Å². The number of nitrogens with one attached hydrogen (secondary N) is 1. The fraction of sp³-hybridized carbons (Fsp3) is 0.176. The van der Waals surface area contributed by atoms with E-state index in [1.165, 1.54) is 25.6 Å². The molecule has 0 unspecified atom stereocenters. The number of benzene rings is 2. The van der Waals surface area contributed by atoms with Crippen LogP contribution in [0.15, 0.2) is 54.6 Å². The Morgan fingerprint density at radius 2 is 1.50 bits per heavy atom. The number of hydrogen-bond acceptors (Lipinski definition) is 1. The number of hydrogen-bond donors (Lipinski definition) is 1. The first-order valence-electron chi connectivity index (χ1n) is 6.61. The van der Waals surface area contributed by atoms with Gasteiger partial charge in [-0.25, -0.2) is 0 Å². The van der Waals surface area contributed by atoms with Gasteiger partial charge in [0.2, 0.25) is 0 Å². The molecule has 0 fully saturated rings. The quantitative estimate of drug-likeness (QED) is 0.563. The maximum atomic E-state index is 3.21. The molecule has 0 aliphatic carbocycles. The topological polar surface area (TPSA) is 12.0 Å². The van der Waals surface area contributed by atoms with Gasteiger partial charge in [0, 0.05) is 0 Å². The molecule has 0 spiro atoms. The summed E-state index contributed by atoms with van der Waals surface area (Å²) in [5.41, 5.74) is 4.27. The molecule has 0 saturated heterocycles. The van der Waals surface area contributed by atoms with Gasteiger partial charge in [0.15, 0.2) is 0 Å². The molecule has 1 heterocycles. The average Bonchev–Trinajstić information content (AvgIpc) is 2.46. The molecule has 1 N–H and O–H groups in total. The summed E-state index contributed by atoms with van der Waals surface area (Å²) in [6.07, 6.45) is 3.45. The first kappa shape index (κ1) is 15.3. The summed E-state index contributed by atoms with van der Waals surface area (Å²) in [4.78, 5) is 0. The van der Waals surface area contributed by atoms with Gasteiger partial charge in [-0.1, -0.05) is 0 Å². The zero-order valence-electron chi connectivity index (χ0n) is 11.4. The molecule has 0 atom stereocenters. The molecule has 0 saturated carbocycles. The molecule has 3 rings (SSSR count). The van der Waals surface area contributed by atoms with Gasteiger partial charge in [0.25, 0.3) is 0 Å². The third kappa shape index (κ3) is 2.99. The second-order valence-electron chi connectivity index (χ2n) is 4.60. The Morgan fingerprint density at radius 3 is 2.05 bits per heavy atom. The van der Waals surface area contributed by atoms with Crippen LogP contribution in [-0.2, 0) is 0 Å². The number of halogens is 1. The van der Waals surface area contributed by atoms with Gasteiger partial charge in [-0.05, 0) is 0 Å². The summed E-state index contributed by atoms with van der Waals surface area (Å²) in [7, 11) is 2.00. The molecule has 1 aliphatic heterocycles. The number of fused-ring (bicyclic) bond motifs is 2. The van der Waals surface area contributed by atoms with E-state index in [2.05, 4.69) is 59.9 Å².